The molecule has 3 heterocycles. The number of carbonyl (C=O) groups excluding carboxylic acids is 4. The van der Waals surface area contributed by atoms with Crippen molar-refractivity contribution in [1.82, 2.24) is 24.4 Å². The number of hydrogen-bond acceptors (Lipinski definition) is 14. The number of aliphatic hydroxyl groups excluding tert-OH is 1. The zero-order chi connectivity index (χ0) is 35.6. The molecule has 260 valence electrons. The molecule has 3 amide bonds. The van der Waals surface area contributed by atoms with E-state index in [0.29, 0.717) is 16.2 Å². The van der Waals surface area contributed by atoms with Crippen molar-refractivity contribution in [3.8, 4) is 0 Å². The van der Waals surface area contributed by atoms with Crippen molar-refractivity contribution < 1.29 is 43.2 Å². The van der Waals surface area contributed by atoms with E-state index >= 15 is 0 Å². The number of anilines is 2. The number of imidazole rings is 1. The molecule has 48 heavy (non-hydrogen) atoms. The van der Waals surface area contributed by atoms with Crippen LogP contribution in [0, 0.1) is 0 Å². The number of hydrogen-bond donors (Lipinski definition) is 4. The number of nitrogens with zero attached hydrogens (tertiary/aromatic N) is 5. The van der Waals surface area contributed by atoms with E-state index in [-0.39, 0.29) is 30.0 Å². The van der Waals surface area contributed by atoms with Gasteiger partial charge in [0.05, 0.1) is 19.0 Å². The molecule has 6 N–H and O–H groups in total. The minimum absolute atomic E-state index is 0.0530. The molecule has 1 fully saturated rings. The van der Waals surface area contributed by atoms with Crippen LogP contribution in [0.3, 0.4) is 0 Å². The Labute approximate surface area is 276 Å². The number of aliphatic hydroxyl groups is 1. The summed E-state index contributed by atoms with van der Waals surface area (Å²) in [6.07, 6.45) is -4.13. The van der Waals surface area contributed by atoms with Crippen LogP contribution in [0.1, 0.15) is 60.3 Å². The van der Waals surface area contributed by atoms with Crippen LogP contribution >= 0.6 is 0 Å². The van der Waals surface area contributed by atoms with Crippen molar-refractivity contribution >= 4 is 46.7 Å². The van der Waals surface area contributed by atoms with E-state index in [9.17, 15) is 24.3 Å². The van der Waals surface area contributed by atoms with Crippen LogP contribution in [0.4, 0.5) is 21.1 Å². The number of esters is 1. The summed E-state index contributed by atoms with van der Waals surface area (Å²) in [4.78, 5) is 66.0. The predicted octanol–water partition coefficient (Wildman–Crippen LogP) is 2.28. The van der Waals surface area contributed by atoms with Gasteiger partial charge in [0.2, 0.25) is 5.91 Å². The third-order valence-corrected chi connectivity index (χ3v) is 6.92. The van der Waals surface area contributed by atoms with Crippen molar-refractivity contribution in [2.45, 2.75) is 96.6 Å². The number of amides is 3. The van der Waals surface area contributed by atoms with Gasteiger partial charge in [-0.25, -0.2) is 34.2 Å². The topological polar surface area (TPSA) is 236 Å². The summed E-state index contributed by atoms with van der Waals surface area (Å²) >= 11 is 0. The minimum atomic E-state index is -1.71. The van der Waals surface area contributed by atoms with Gasteiger partial charge >= 0.3 is 18.2 Å². The zero-order valence-electron chi connectivity index (χ0n) is 27.9. The summed E-state index contributed by atoms with van der Waals surface area (Å²) < 4.78 is 23.3. The van der Waals surface area contributed by atoms with Gasteiger partial charge in [0, 0.05) is 5.69 Å². The first-order valence-electron chi connectivity index (χ1n) is 15.2. The Morgan fingerprint density at radius 2 is 1.69 bits per heavy atom. The number of nitrogens with two attached hydrogens (primary N) is 2. The van der Waals surface area contributed by atoms with Crippen molar-refractivity contribution in [2.24, 2.45) is 5.73 Å². The van der Waals surface area contributed by atoms with Crippen molar-refractivity contribution in [2.75, 3.05) is 17.7 Å². The average Bonchev–Trinajstić information content (AvgIpc) is 3.54. The molecule has 0 saturated carbocycles. The third-order valence-electron chi connectivity index (χ3n) is 6.92. The van der Waals surface area contributed by atoms with E-state index in [1.54, 1.807) is 72.7 Å². The first kappa shape index (κ1) is 36.0. The molecule has 1 aliphatic heterocycles. The monoisotopic (exact) mass is 670 g/mol. The largest absolute Gasteiger partial charge is 0.464 e. The van der Waals surface area contributed by atoms with Crippen molar-refractivity contribution in [3.63, 3.8) is 0 Å². The third kappa shape index (κ3) is 8.34. The molecule has 0 radical (unpaired) electrons. The maximum atomic E-state index is 14.1. The molecule has 1 aromatic carbocycles. The number of ether oxygens (including phenoxy) is 4. The normalized spacial score (nSPS) is 20.2. The number of nitrogen functional groups attached to an aromatic ring is 1. The second-order valence-electron chi connectivity index (χ2n) is 13.1. The van der Waals surface area contributed by atoms with Gasteiger partial charge in [0.25, 0.3) is 0 Å². The molecule has 5 atom stereocenters. The van der Waals surface area contributed by atoms with Gasteiger partial charge in [-0.05, 0) is 72.6 Å². The van der Waals surface area contributed by atoms with Gasteiger partial charge in [-0.2, -0.15) is 0 Å². The Morgan fingerprint density at radius 3 is 2.29 bits per heavy atom. The maximum Gasteiger partial charge on any atom is 0.417 e. The number of fused-ring (bicyclic) bond motifs is 1. The summed E-state index contributed by atoms with van der Waals surface area (Å²) in [6, 6.07) is 3.49. The molecule has 0 bridgehead atoms. The zero-order valence-corrected chi connectivity index (χ0v) is 27.9. The number of aromatic nitrogens is 4. The summed E-state index contributed by atoms with van der Waals surface area (Å²) in [5, 5.41) is 14.3. The second-order valence-corrected chi connectivity index (χ2v) is 13.1. The fourth-order valence-electron chi connectivity index (χ4n) is 4.99. The molecule has 1 unspecified atom stereocenters. The quantitative estimate of drug-likeness (QED) is 0.199. The second kappa shape index (κ2) is 14.1. The van der Waals surface area contributed by atoms with Crippen LogP contribution in [0.15, 0.2) is 36.9 Å². The highest BCUT2D eigenvalue weighted by Crippen LogP contribution is 2.36. The molecule has 0 aliphatic carbocycles. The first-order chi connectivity index (χ1) is 22.4. The lowest BCUT2D eigenvalue weighted by Gasteiger charge is -2.34. The lowest BCUT2D eigenvalue weighted by Crippen LogP contribution is -2.60. The standard InChI is InChI=1S/C31H42N8O9/c1-8-45-27(42)22-20(21(40)26(46-22)38-15-36-19-23(33)34-14-35-24(19)38)39(29(44)48-31(5,6)7)25(41)18(32)13-16-9-11-17(12-10-16)37-28(43)47-30(2,3)4/h9-12,14-15,18,20-22,26,40H,8,13,32H2,1-7H3,(H,37,43)(H2,33,34,35)/t18?,20-,21+,22-,26+/m0/s1. The van der Waals surface area contributed by atoms with Crippen molar-refractivity contribution in [1.29, 1.82) is 0 Å². The summed E-state index contributed by atoms with van der Waals surface area (Å²) in [5.41, 5.74) is 11.9. The van der Waals surface area contributed by atoms with Crippen LogP contribution in [0.2, 0.25) is 0 Å². The fourth-order valence-corrected chi connectivity index (χ4v) is 4.99. The molecule has 1 saturated heterocycles. The van der Waals surface area contributed by atoms with E-state index in [1.165, 1.54) is 17.2 Å². The smallest absolute Gasteiger partial charge is 0.417 e. The Bertz CT molecular complexity index is 1650. The summed E-state index contributed by atoms with van der Waals surface area (Å²) in [7, 11) is 0. The SMILES string of the molecule is CCOC(=O)[C@H]1O[C@@H](n2cnc3c(N)ncnc32)[C@H](O)[C@@H]1N(C(=O)OC(C)(C)C)C(=O)C(N)Cc1ccc(NC(=O)OC(C)(C)C)cc1. The molecule has 3 aromatic rings. The predicted molar refractivity (Wildman–Crippen MR) is 171 cm³/mol. The van der Waals surface area contributed by atoms with Crippen LogP contribution in [-0.2, 0) is 35.0 Å². The fraction of sp³-hybridized carbons (Fsp3) is 0.516. The van der Waals surface area contributed by atoms with Gasteiger partial charge < -0.3 is 35.5 Å². The summed E-state index contributed by atoms with van der Waals surface area (Å²) in [5.74, 6) is -1.83. The Kier molecular flexibility index (Phi) is 10.6. The van der Waals surface area contributed by atoms with E-state index in [2.05, 4.69) is 20.3 Å². The van der Waals surface area contributed by atoms with Crippen molar-refractivity contribution in [3.05, 3.63) is 42.5 Å². The Hall–Kier alpha value is -4.87. The number of rotatable bonds is 8. The van der Waals surface area contributed by atoms with Gasteiger partial charge in [0.1, 0.15) is 35.2 Å². The van der Waals surface area contributed by atoms with Gasteiger partial charge in [-0.3, -0.25) is 14.7 Å². The number of carbonyl (C=O) groups is 4. The van der Waals surface area contributed by atoms with E-state index in [4.69, 9.17) is 30.4 Å². The lowest BCUT2D eigenvalue weighted by molar-refractivity contribution is -0.160. The van der Waals surface area contributed by atoms with Gasteiger partial charge in [0.15, 0.2) is 23.8 Å². The van der Waals surface area contributed by atoms with Crippen LogP contribution in [-0.4, -0.2) is 95.7 Å². The highest BCUT2D eigenvalue weighted by molar-refractivity contribution is 5.96. The molecule has 2 aromatic heterocycles. The lowest BCUT2D eigenvalue weighted by atomic mass is 10.0. The molecular weight excluding hydrogens is 628 g/mol. The molecular formula is C31H42N8O9. The molecule has 17 heteroatoms. The van der Waals surface area contributed by atoms with E-state index in [1.807, 2.05) is 0 Å². The van der Waals surface area contributed by atoms with Crippen LogP contribution < -0.4 is 16.8 Å². The average molecular weight is 671 g/mol. The molecule has 4 rings (SSSR count). The van der Waals surface area contributed by atoms with E-state index < -0.39 is 65.8 Å². The maximum absolute atomic E-state index is 14.1. The summed E-state index contributed by atoms with van der Waals surface area (Å²) in [6.45, 7) is 11.5. The minimum Gasteiger partial charge on any atom is -0.464 e. The Morgan fingerprint density at radius 1 is 1.04 bits per heavy atom. The van der Waals surface area contributed by atoms with Crippen LogP contribution in [0.25, 0.3) is 11.2 Å². The van der Waals surface area contributed by atoms with Gasteiger partial charge in [-0.1, -0.05) is 12.1 Å². The number of benzene rings is 1. The molecule has 0 spiro atoms. The van der Waals surface area contributed by atoms with Gasteiger partial charge in [-0.15, -0.1) is 0 Å². The first-order valence-corrected chi connectivity index (χ1v) is 15.2. The molecule has 1 aliphatic rings. The Balaban J connectivity index is 1.65. The molecule has 17 nitrogen and oxygen atoms in total. The van der Waals surface area contributed by atoms with E-state index in [0.717, 1.165) is 0 Å². The van der Waals surface area contributed by atoms with Crippen LogP contribution in [0.5, 0.6) is 0 Å². The highest BCUT2D eigenvalue weighted by atomic mass is 16.6. The highest BCUT2D eigenvalue weighted by Gasteiger charge is 2.56. The number of imide groups is 1. The number of nitrogens with one attached hydrogen (secondary N) is 1.